The summed E-state index contributed by atoms with van der Waals surface area (Å²) in [5.41, 5.74) is 1.15. The number of anilines is 1. The van der Waals surface area contributed by atoms with E-state index in [2.05, 4.69) is 16.6 Å². The van der Waals surface area contributed by atoms with Crippen molar-refractivity contribution in [2.45, 2.75) is 18.7 Å². The smallest absolute Gasteiger partial charge is 0.261 e. The molecule has 3 nitrogen and oxygen atoms in total. The van der Waals surface area contributed by atoms with Crippen molar-refractivity contribution in [3.63, 3.8) is 0 Å². The summed E-state index contributed by atoms with van der Waals surface area (Å²) in [5, 5.41) is 0. The predicted molar refractivity (Wildman–Crippen MR) is 85.4 cm³/mol. The minimum Gasteiger partial charge on any atom is -0.280 e. The van der Waals surface area contributed by atoms with Gasteiger partial charge >= 0.3 is 0 Å². The molecular formula is C17H16FNO2S. The van der Waals surface area contributed by atoms with Gasteiger partial charge in [-0.15, -0.1) is 0 Å². The van der Waals surface area contributed by atoms with E-state index in [1.165, 1.54) is 12.1 Å². The summed E-state index contributed by atoms with van der Waals surface area (Å²) in [6.45, 7) is 3.96. The minimum absolute atomic E-state index is 0.00701. The Bertz CT molecular complexity index is 816. The maximum atomic E-state index is 12.9. The van der Waals surface area contributed by atoms with Crippen LogP contribution in [0.15, 0.2) is 53.4 Å². The first-order valence-electron chi connectivity index (χ1n) is 6.77. The third-order valence-electron chi connectivity index (χ3n) is 2.74. The van der Waals surface area contributed by atoms with Crippen LogP contribution in [-0.2, 0) is 10.0 Å². The monoisotopic (exact) mass is 317 g/mol. The zero-order chi connectivity index (χ0) is 16.2. The second-order valence-electron chi connectivity index (χ2n) is 5.06. The summed E-state index contributed by atoms with van der Waals surface area (Å²) in [4.78, 5) is 0.00701. The number of hydrogen-bond acceptors (Lipinski definition) is 2. The lowest BCUT2D eigenvalue weighted by molar-refractivity contribution is 0.599. The topological polar surface area (TPSA) is 46.2 Å². The van der Waals surface area contributed by atoms with E-state index in [9.17, 15) is 12.8 Å². The van der Waals surface area contributed by atoms with Crippen molar-refractivity contribution in [2.75, 3.05) is 4.72 Å². The van der Waals surface area contributed by atoms with Crippen molar-refractivity contribution in [3.05, 3.63) is 59.9 Å². The van der Waals surface area contributed by atoms with Gasteiger partial charge < -0.3 is 0 Å². The molecule has 5 heteroatoms. The molecular weight excluding hydrogens is 301 g/mol. The van der Waals surface area contributed by atoms with Gasteiger partial charge in [-0.1, -0.05) is 31.8 Å². The van der Waals surface area contributed by atoms with Crippen LogP contribution in [0.5, 0.6) is 0 Å². The highest BCUT2D eigenvalue weighted by Gasteiger charge is 2.14. The average molecular weight is 317 g/mol. The molecule has 0 bridgehead atoms. The molecule has 0 spiro atoms. The Morgan fingerprint density at radius 3 is 2.41 bits per heavy atom. The van der Waals surface area contributed by atoms with E-state index >= 15 is 0 Å². The minimum atomic E-state index is -3.74. The van der Waals surface area contributed by atoms with Crippen LogP contribution >= 0.6 is 0 Å². The van der Waals surface area contributed by atoms with E-state index in [0.717, 1.165) is 17.7 Å². The normalized spacial score (nSPS) is 10.9. The number of rotatable bonds is 3. The molecule has 2 aromatic rings. The van der Waals surface area contributed by atoms with Crippen LogP contribution in [0.4, 0.5) is 10.1 Å². The van der Waals surface area contributed by atoms with E-state index in [4.69, 9.17) is 0 Å². The van der Waals surface area contributed by atoms with Crippen LogP contribution in [0.3, 0.4) is 0 Å². The Labute approximate surface area is 130 Å². The Morgan fingerprint density at radius 2 is 1.77 bits per heavy atom. The summed E-state index contributed by atoms with van der Waals surface area (Å²) in [5.74, 6) is 5.76. The van der Waals surface area contributed by atoms with Crippen molar-refractivity contribution >= 4 is 15.7 Å². The van der Waals surface area contributed by atoms with Gasteiger partial charge in [-0.2, -0.15) is 0 Å². The Balaban J connectivity index is 2.25. The standard InChI is InChI=1S/C17H16FNO2S/c1-13(2)6-7-14-4-3-5-16(12-14)19-22(20,21)17-10-8-15(18)9-11-17/h3-5,8-13,19H,1-2H3. The Kier molecular flexibility index (Phi) is 4.84. The SMILES string of the molecule is CC(C)C#Cc1cccc(NS(=O)(=O)c2ccc(F)cc2)c1. The van der Waals surface area contributed by atoms with Gasteiger partial charge in [-0.3, -0.25) is 4.72 Å². The molecule has 0 saturated heterocycles. The van der Waals surface area contributed by atoms with Crippen LogP contribution in [0.1, 0.15) is 19.4 Å². The van der Waals surface area contributed by atoms with Crippen LogP contribution in [0.25, 0.3) is 0 Å². The average Bonchev–Trinajstić information content (AvgIpc) is 2.45. The molecule has 0 atom stereocenters. The van der Waals surface area contributed by atoms with Gasteiger partial charge in [0.2, 0.25) is 0 Å². The number of benzene rings is 2. The molecule has 0 fully saturated rings. The zero-order valence-corrected chi connectivity index (χ0v) is 13.1. The van der Waals surface area contributed by atoms with Crippen LogP contribution in [0, 0.1) is 23.6 Å². The third-order valence-corrected chi connectivity index (χ3v) is 4.14. The molecule has 1 N–H and O–H groups in total. The molecule has 22 heavy (non-hydrogen) atoms. The van der Waals surface area contributed by atoms with Gasteiger partial charge in [0.1, 0.15) is 5.82 Å². The molecule has 0 heterocycles. The van der Waals surface area contributed by atoms with E-state index in [-0.39, 0.29) is 10.8 Å². The summed E-state index contributed by atoms with van der Waals surface area (Å²) in [6, 6.07) is 11.5. The molecule has 0 aromatic heterocycles. The zero-order valence-electron chi connectivity index (χ0n) is 12.3. The van der Waals surface area contributed by atoms with Crippen molar-refractivity contribution in [1.29, 1.82) is 0 Å². The fourth-order valence-electron chi connectivity index (χ4n) is 1.72. The fraction of sp³-hybridized carbons (Fsp3) is 0.176. The van der Waals surface area contributed by atoms with E-state index < -0.39 is 15.8 Å². The molecule has 0 unspecified atom stereocenters. The van der Waals surface area contributed by atoms with Gasteiger partial charge in [0.25, 0.3) is 10.0 Å². The number of hydrogen-bond donors (Lipinski definition) is 1. The second-order valence-corrected chi connectivity index (χ2v) is 6.75. The van der Waals surface area contributed by atoms with Gasteiger partial charge in [0, 0.05) is 11.5 Å². The summed E-state index contributed by atoms with van der Waals surface area (Å²) < 4.78 is 39.8. The summed E-state index contributed by atoms with van der Waals surface area (Å²) >= 11 is 0. The van der Waals surface area contributed by atoms with Gasteiger partial charge in [-0.05, 0) is 42.5 Å². The lowest BCUT2D eigenvalue weighted by atomic mass is 10.1. The van der Waals surface area contributed by atoms with Crippen molar-refractivity contribution in [2.24, 2.45) is 5.92 Å². The van der Waals surface area contributed by atoms with Gasteiger partial charge in [-0.25, -0.2) is 12.8 Å². The van der Waals surface area contributed by atoms with Crippen molar-refractivity contribution in [3.8, 4) is 11.8 Å². The Morgan fingerprint density at radius 1 is 1.09 bits per heavy atom. The fourth-order valence-corrected chi connectivity index (χ4v) is 2.77. The highest BCUT2D eigenvalue weighted by atomic mass is 32.2. The molecule has 0 radical (unpaired) electrons. The van der Waals surface area contributed by atoms with Crippen LogP contribution in [-0.4, -0.2) is 8.42 Å². The number of halogens is 1. The third kappa shape index (κ3) is 4.34. The first kappa shape index (κ1) is 16.1. The first-order chi connectivity index (χ1) is 10.4. The molecule has 0 amide bonds. The quantitative estimate of drug-likeness (QED) is 0.879. The molecule has 0 aliphatic rings. The first-order valence-corrected chi connectivity index (χ1v) is 8.25. The second kappa shape index (κ2) is 6.63. The predicted octanol–water partition coefficient (Wildman–Crippen LogP) is 3.63. The van der Waals surface area contributed by atoms with E-state index in [0.29, 0.717) is 5.69 Å². The number of nitrogens with one attached hydrogen (secondary N) is 1. The largest absolute Gasteiger partial charge is 0.280 e. The van der Waals surface area contributed by atoms with Gasteiger partial charge in [0.15, 0.2) is 0 Å². The maximum absolute atomic E-state index is 12.9. The molecule has 2 rings (SSSR count). The summed E-state index contributed by atoms with van der Waals surface area (Å²) in [6.07, 6.45) is 0. The number of sulfonamides is 1. The van der Waals surface area contributed by atoms with Crippen LogP contribution in [0.2, 0.25) is 0 Å². The van der Waals surface area contributed by atoms with E-state index in [1.54, 1.807) is 18.2 Å². The highest BCUT2D eigenvalue weighted by molar-refractivity contribution is 7.92. The molecule has 0 aliphatic heterocycles. The van der Waals surface area contributed by atoms with Crippen molar-refractivity contribution in [1.82, 2.24) is 0 Å². The molecule has 0 aliphatic carbocycles. The summed E-state index contributed by atoms with van der Waals surface area (Å²) in [7, 11) is -3.74. The highest BCUT2D eigenvalue weighted by Crippen LogP contribution is 2.17. The molecule has 114 valence electrons. The maximum Gasteiger partial charge on any atom is 0.261 e. The van der Waals surface area contributed by atoms with E-state index in [1.807, 2.05) is 19.9 Å². The Hall–Kier alpha value is -2.32. The molecule has 0 saturated carbocycles. The lowest BCUT2D eigenvalue weighted by Crippen LogP contribution is -2.12. The van der Waals surface area contributed by atoms with Gasteiger partial charge in [0.05, 0.1) is 10.6 Å². The van der Waals surface area contributed by atoms with Crippen LogP contribution < -0.4 is 4.72 Å². The molecule has 2 aromatic carbocycles. The van der Waals surface area contributed by atoms with Crippen molar-refractivity contribution < 1.29 is 12.8 Å². The lowest BCUT2D eigenvalue weighted by Gasteiger charge is -2.08.